The molecule has 0 unspecified atom stereocenters. The maximum atomic E-state index is 13.2. The molecule has 0 saturated heterocycles. The lowest BCUT2D eigenvalue weighted by atomic mass is 10.2. The van der Waals surface area contributed by atoms with Gasteiger partial charge in [-0.3, -0.25) is 0 Å². The third-order valence-electron chi connectivity index (χ3n) is 2.95. The summed E-state index contributed by atoms with van der Waals surface area (Å²) in [6.45, 7) is 0.452. The maximum Gasteiger partial charge on any atom is 0.242 e. The van der Waals surface area contributed by atoms with Crippen LogP contribution in [0, 0.1) is 5.82 Å². The van der Waals surface area contributed by atoms with Crippen molar-refractivity contribution >= 4 is 10.0 Å². The summed E-state index contributed by atoms with van der Waals surface area (Å²) in [5.41, 5.74) is 0.608. The number of nitrogens with zero attached hydrogens (tertiary/aromatic N) is 1. The summed E-state index contributed by atoms with van der Waals surface area (Å²) in [5.74, 6) is -0.536. The Bertz CT molecular complexity index is 539. The van der Waals surface area contributed by atoms with Crippen molar-refractivity contribution in [2.24, 2.45) is 0 Å². The van der Waals surface area contributed by atoms with Gasteiger partial charge in [-0.2, -0.15) is 0 Å². The van der Waals surface area contributed by atoms with Gasteiger partial charge in [-0.1, -0.05) is 6.07 Å². The molecule has 0 heterocycles. The van der Waals surface area contributed by atoms with Gasteiger partial charge in [0.15, 0.2) is 0 Å². The average molecular weight is 272 g/mol. The van der Waals surface area contributed by atoms with E-state index in [4.69, 9.17) is 0 Å². The lowest BCUT2D eigenvalue weighted by Gasteiger charge is -2.15. The first kappa shape index (κ1) is 13.5. The molecule has 0 aromatic heterocycles. The van der Waals surface area contributed by atoms with Crippen LogP contribution in [0.2, 0.25) is 0 Å². The van der Waals surface area contributed by atoms with Crippen LogP contribution in [0.15, 0.2) is 23.1 Å². The molecule has 0 atom stereocenters. The monoisotopic (exact) mass is 272 g/mol. The molecule has 0 radical (unpaired) electrons. The first-order valence-electron chi connectivity index (χ1n) is 5.85. The predicted octanol–water partition coefficient (Wildman–Crippen LogP) is 1.33. The molecule has 1 aromatic carbocycles. The van der Waals surface area contributed by atoms with E-state index >= 15 is 0 Å². The van der Waals surface area contributed by atoms with Gasteiger partial charge in [0.2, 0.25) is 10.0 Å². The van der Waals surface area contributed by atoms with Crippen LogP contribution in [0.3, 0.4) is 0 Å². The summed E-state index contributed by atoms with van der Waals surface area (Å²) in [6.07, 6.45) is 2.24. The fourth-order valence-electron chi connectivity index (χ4n) is 1.65. The lowest BCUT2D eigenvalue weighted by molar-refractivity contribution is 0.516. The van der Waals surface area contributed by atoms with Crippen LogP contribution in [0.5, 0.6) is 0 Å². The molecule has 0 spiro atoms. The summed E-state index contributed by atoms with van der Waals surface area (Å²) in [7, 11) is -0.719. The Balaban J connectivity index is 2.33. The van der Waals surface area contributed by atoms with Gasteiger partial charge < -0.3 is 5.32 Å². The number of halogens is 1. The largest absolute Gasteiger partial charge is 0.310 e. The Labute approximate surface area is 107 Å². The average Bonchev–Trinajstić information content (AvgIpc) is 3.11. The number of hydrogen-bond acceptors (Lipinski definition) is 3. The van der Waals surface area contributed by atoms with Crippen LogP contribution in [0.1, 0.15) is 18.4 Å². The van der Waals surface area contributed by atoms with E-state index in [0.717, 1.165) is 23.2 Å². The van der Waals surface area contributed by atoms with E-state index in [9.17, 15) is 12.8 Å². The molecular formula is C12H17FN2O2S. The quantitative estimate of drug-likeness (QED) is 0.879. The normalized spacial score (nSPS) is 16.2. The Kier molecular flexibility index (Phi) is 3.70. The number of sulfonamides is 1. The zero-order valence-electron chi connectivity index (χ0n) is 10.5. The molecule has 0 bridgehead atoms. The van der Waals surface area contributed by atoms with E-state index in [1.807, 2.05) is 0 Å². The highest BCUT2D eigenvalue weighted by molar-refractivity contribution is 7.89. The predicted molar refractivity (Wildman–Crippen MR) is 67.1 cm³/mol. The molecule has 6 heteroatoms. The van der Waals surface area contributed by atoms with Crippen LogP contribution >= 0.6 is 0 Å². The van der Waals surface area contributed by atoms with Crippen LogP contribution in [-0.4, -0.2) is 32.9 Å². The third-order valence-corrected chi connectivity index (χ3v) is 4.84. The molecule has 2 rings (SSSR count). The molecule has 100 valence electrons. The van der Waals surface area contributed by atoms with Crippen molar-refractivity contribution in [3.8, 4) is 0 Å². The third kappa shape index (κ3) is 2.88. The molecule has 18 heavy (non-hydrogen) atoms. The highest BCUT2D eigenvalue weighted by Crippen LogP contribution is 2.23. The number of benzene rings is 1. The van der Waals surface area contributed by atoms with Crippen molar-refractivity contribution in [3.05, 3.63) is 29.6 Å². The van der Waals surface area contributed by atoms with E-state index in [1.54, 1.807) is 0 Å². The fraction of sp³-hybridized carbons (Fsp3) is 0.500. The molecular weight excluding hydrogens is 255 g/mol. The molecule has 1 aliphatic rings. The van der Waals surface area contributed by atoms with Crippen LogP contribution in [0.4, 0.5) is 4.39 Å². The summed E-state index contributed by atoms with van der Waals surface area (Å²) in [5, 5.41) is 3.24. The Morgan fingerprint density at radius 1 is 1.39 bits per heavy atom. The minimum Gasteiger partial charge on any atom is -0.310 e. The molecule has 1 saturated carbocycles. The van der Waals surface area contributed by atoms with E-state index in [-0.39, 0.29) is 4.90 Å². The van der Waals surface area contributed by atoms with E-state index in [1.165, 1.54) is 26.2 Å². The second-order valence-electron chi connectivity index (χ2n) is 4.69. The van der Waals surface area contributed by atoms with Crippen molar-refractivity contribution in [1.29, 1.82) is 0 Å². The lowest BCUT2D eigenvalue weighted by Crippen LogP contribution is -2.25. The zero-order valence-corrected chi connectivity index (χ0v) is 11.3. The van der Waals surface area contributed by atoms with Gasteiger partial charge in [-0.25, -0.2) is 17.1 Å². The molecule has 1 N–H and O–H groups in total. The molecule has 4 nitrogen and oxygen atoms in total. The first-order valence-corrected chi connectivity index (χ1v) is 7.29. The van der Waals surface area contributed by atoms with E-state index in [0.29, 0.717) is 18.2 Å². The van der Waals surface area contributed by atoms with Crippen molar-refractivity contribution in [2.75, 3.05) is 14.1 Å². The summed E-state index contributed by atoms with van der Waals surface area (Å²) >= 11 is 0. The standard InChI is InChI=1S/C12H17FN2O2S/c1-15(2)18(16,17)12-7-10(13)4-3-9(12)8-14-11-5-6-11/h3-4,7,11,14H,5-6,8H2,1-2H3. The minimum atomic E-state index is -3.60. The second kappa shape index (κ2) is 4.95. The molecule has 1 fully saturated rings. The first-order chi connectivity index (χ1) is 8.41. The van der Waals surface area contributed by atoms with Crippen LogP contribution < -0.4 is 5.32 Å². The van der Waals surface area contributed by atoms with Crippen LogP contribution in [0.25, 0.3) is 0 Å². The van der Waals surface area contributed by atoms with Gasteiger partial charge in [0, 0.05) is 26.7 Å². The Hall–Kier alpha value is -0.980. The molecule has 0 aliphatic heterocycles. The van der Waals surface area contributed by atoms with Gasteiger partial charge in [0.1, 0.15) is 5.82 Å². The number of rotatable bonds is 5. The Morgan fingerprint density at radius 2 is 2.06 bits per heavy atom. The second-order valence-corrected chi connectivity index (χ2v) is 6.81. The van der Waals surface area contributed by atoms with Gasteiger partial charge in [0.25, 0.3) is 0 Å². The van der Waals surface area contributed by atoms with E-state index in [2.05, 4.69) is 5.32 Å². The van der Waals surface area contributed by atoms with Gasteiger partial charge in [-0.15, -0.1) is 0 Å². The summed E-state index contributed by atoms with van der Waals surface area (Å²) in [4.78, 5) is 0.0423. The van der Waals surface area contributed by atoms with Crippen molar-refractivity contribution in [1.82, 2.24) is 9.62 Å². The maximum absolute atomic E-state index is 13.2. The van der Waals surface area contributed by atoms with Crippen molar-refractivity contribution in [2.45, 2.75) is 30.3 Å². The Morgan fingerprint density at radius 3 is 2.61 bits per heavy atom. The van der Waals surface area contributed by atoms with Gasteiger partial charge >= 0.3 is 0 Å². The number of hydrogen-bond donors (Lipinski definition) is 1. The summed E-state index contributed by atoms with van der Waals surface area (Å²) in [6, 6.07) is 4.38. The van der Waals surface area contributed by atoms with Crippen molar-refractivity contribution in [3.63, 3.8) is 0 Å². The highest BCUT2D eigenvalue weighted by atomic mass is 32.2. The highest BCUT2D eigenvalue weighted by Gasteiger charge is 2.24. The number of nitrogens with one attached hydrogen (secondary N) is 1. The smallest absolute Gasteiger partial charge is 0.242 e. The van der Waals surface area contributed by atoms with Crippen molar-refractivity contribution < 1.29 is 12.8 Å². The van der Waals surface area contributed by atoms with Crippen LogP contribution in [-0.2, 0) is 16.6 Å². The molecule has 0 amide bonds. The zero-order chi connectivity index (χ0) is 13.3. The fourth-order valence-corrected chi connectivity index (χ4v) is 2.78. The van der Waals surface area contributed by atoms with E-state index < -0.39 is 15.8 Å². The molecule has 1 aliphatic carbocycles. The van der Waals surface area contributed by atoms with Gasteiger partial charge in [-0.05, 0) is 30.5 Å². The minimum absolute atomic E-state index is 0.0423. The summed E-state index contributed by atoms with van der Waals surface area (Å²) < 4.78 is 38.5. The topological polar surface area (TPSA) is 49.4 Å². The molecule has 1 aromatic rings. The SMILES string of the molecule is CN(C)S(=O)(=O)c1cc(F)ccc1CNC1CC1. The van der Waals surface area contributed by atoms with Gasteiger partial charge in [0.05, 0.1) is 4.90 Å².